The average Bonchev–Trinajstić information content (AvgIpc) is 3.42. The van der Waals surface area contributed by atoms with Crippen LogP contribution in [-0.4, -0.2) is 63.9 Å². The van der Waals surface area contributed by atoms with E-state index in [-0.39, 0.29) is 18.0 Å². The lowest BCUT2D eigenvalue weighted by molar-refractivity contribution is -0.138. The fourth-order valence-corrected chi connectivity index (χ4v) is 5.37. The summed E-state index contributed by atoms with van der Waals surface area (Å²) in [6.45, 7) is 8.93. The number of alkyl halides is 3. The number of amidine groups is 1. The molecule has 5 rings (SSSR count). The molecule has 3 aromatic rings. The highest BCUT2D eigenvalue weighted by molar-refractivity contribution is 8.18. The minimum absolute atomic E-state index is 0.0220. The Morgan fingerprint density at radius 1 is 1.14 bits per heavy atom. The molecule has 2 aliphatic heterocycles. The molecule has 2 aliphatic rings. The number of halogens is 3. The van der Waals surface area contributed by atoms with Crippen LogP contribution in [0.15, 0.2) is 59.1 Å². The molecule has 0 aliphatic carbocycles. The van der Waals surface area contributed by atoms with Crippen LogP contribution in [-0.2, 0) is 17.5 Å². The number of amides is 1. The van der Waals surface area contributed by atoms with Gasteiger partial charge in [-0.25, -0.2) is 0 Å². The van der Waals surface area contributed by atoms with Crippen molar-refractivity contribution in [2.45, 2.75) is 19.6 Å². The zero-order chi connectivity index (χ0) is 26.3. The Balaban J connectivity index is 1.36. The maximum absolute atomic E-state index is 13.8. The van der Waals surface area contributed by atoms with Crippen LogP contribution >= 0.6 is 11.8 Å². The van der Waals surface area contributed by atoms with Gasteiger partial charge in [0.2, 0.25) is 0 Å². The molecule has 0 saturated carbocycles. The number of aromatic nitrogens is 2. The van der Waals surface area contributed by atoms with Gasteiger partial charge < -0.3 is 9.80 Å². The SMILES string of the molecule is C=C(C)c1ccc(Cn2ncc3cc(C=C4SC(N5CCN(C)CC5)=NC4=O)ccc32)c(C(F)(F)F)c1. The predicted octanol–water partition coefficient (Wildman–Crippen LogP) is 5.35. The lowest BCUT2D eigenvalue weighted by Gasteiger charge is -2.32. The molecular weight excluding hydrogens is 499 g/mol. The van der Waals surface area contributed by atoms with E-state index in [9.17, 15) is 18.0 Å². The third kappa shape index (κ3) is 5.35. The van der Waals surface area contributed by atoms with Crippen molar-refractivity contribution in [3.05, 3.63) is 76.3 Å². The van der Waals surface area contributed by atoms with Crippen LogP contribution in [0.4, 0.5) is 13.2 Å². The third-order valence-corrected chi connectivity index (χ3v) is 7.62. The molecule has 0 N–H and O–H groups in total. The molecule has 0 unspecified atom stereocenters. The molecule has 1 amide bonds. The van der Waals surface area contributed by atoms with E-state index in [1.54, 1.807) is 29.9 Å². The number of piperazine rings is 1. The van der Waals surface area contributed by atoms with E-state index < -0.39 is 11.7 Å². The van der Waals surface area contributed by atoms with Gasteiger partial charge in [0.05, 0.1) is 28.7 Å². The summed E-state index contributed by atoms with van der Waals surface area (Å²) in [5, 5.41) is 5.85. The Kier molecular flexibility index (Phi) is 6.72. The number of aliphatic imine (C=N–C) groups is 1. The maximum atomic E-state index is 13.8. The second kappa shape index (κ2) is 9.83. The number of fused-ring (bicyclic) bond motifs is 1. The van der Waals surface area contributed by atoms with Crippen molar-refractivity contribution in [2.24, 2.45) is 4.99 Å². The molecule has 0 spiro atoms. The fraction of sp³-hybridized carbons (Fsp3) is 0.296. The highest BCUT2D eigenvalue weighted by atomic mass is 32.2. The monoisotopic (exact) mass is 525 g/mol. The molecule has 1 aromatic heterocycles. The summed E-state index contributed by atoms with van der Waals surface area (Å²) in [7, 11) is 2.07. The molecule has 2 aromatic carbocycles. The van der Waals surface area contributed by atoms with Gasteiger partial charge in [-0.1, -0.05) is 30.4 Å². The van der Waals surface area contributed by atoms with Crippen molar-refractivity contribution >= 4 is 45.4 Å². The number of thioether (sulfide) groups is 1. The maximum Gasteiger partial charge on any atom is 0.416 e. The summed E-state index contributed by atoms with van der Waals surface area (Å²) in [5.41, 5.74) is 1.99. The largest absolute Gasteiger partial charge is 0.416 e. The van der Waals surface area contributed by atoms with Crippen LogP contribution in [0.1, 0.15) is 29.2 Å². The van der Waals surface area contributed by atoms with Crippen molar-refractivity contribution in [2.75, 3.05) is 33.2 Å². The lowest BCUT2D eigenvalue weighted by Crippen LogP contribution is -2.46. The van der Waals surface area contributed by atoms with Crippen molar-refractivity contribution in [1.29, 1.82) is 0 Å². The zero-order valence-electron chi connectivity index (χ0n) is 20.5. The third-order valence-electron chi connectivity index (χ3n) is 6.57. The van der Waals surface area contributed by atoms with Gasteiger partial charge in [-0.2, -0.15) is 23.3 Å². The Hall–Kier alpha value is -3.37. The smallest absolute Gasteiger partial charge is 0.348 e. The second-order valence-electron chi connectivity index (χ2n) is 9.37. The van der Waals surface area contributed by atoms with E-state index in [1.807, 2.05) is 18.2 Å². The summed E-state index contributed by atoms with van der Waals surface area (Å²) in [6.07, 6.45) is -1.06. The Bertz CT molecular complexity index is 1450. The highest BCUT2D eigenvalue weighted by Gasteiger charge is 2.34. The topological polar surface area (TPSA) is 53.7 Å². The standard InChI is InChI=1S/C27H26F3N5OS/c1-17(2)19-5-6-20(22(14-19)27(28,29)30)16-35-23-7-4-18(12-21(23)15-31-35)13-24-25(36)32-26(37-24)34-10-8-33(3)9-11-34/h4-7,12-15H,1,8-11,16H2,2-3H3. The van der Waals surface area contributed by atoms with Crippen LogP contribution in [0.2, 0.25) is 0 Å². The van der Waals surface area contributed by atoms with Crippen molar-refractivity contribution in [3.8, 4) is 0 Å². The quantitative estimate of drug-likeness (QED) is 0.430. The Morgan fingerprint density at radius 3 is 2.59 bits per heavy atom. The number of hydrogen-bond donors (Lipinski definition) is 0. The van der Waals surface area contributed by atoms with E-state index in [0.29, 0.717) is 21.6 Å². The van der Waals surface area contributed by atoms with Crippen LogP contribution in [0, 0.1) is 0 Å². The molecule has 3 heterocycles. The molecule has 37 heavy (non-hydrogen) atoms. The first-order valence-electron chi connectivity index (χ1n) is 11.9. The van der Waals surface area contributed by atoms with Gasteiger partial charge in [0.25, 0.3) is 5.91 Å². The number of rotatable bonds is 4. The van der Waals surface area contributed by atoms with Crippen LogP contribution in [0.3, 0.4) is 0 Å². The highest BCUT2D eigenvalue weighted by Crippen LogP contribution is 2.35. The minimum Gasteiger partial charge on any atom is -0.348 e. The summed E-state index contributed by atoms with van der Waals surface area (Å²) >= 11 is 1.38. The molecule has 10 heteroatoms. The number of allylic oxidation sites excluding steroid dienone is 1. The van der Waals surface area contributed by atoms with Crippen molar-refractivity contribution in [1.82, 2.24) is 19.6 Å². The van der Waals surface area contributed by atoms with Gasteiger partial charge in [-0.3, -0.25) is 9.48 Å². The summed E-state index contributed by atoms with van der Waals surface area (Å²) in [5.74, 6) is -0.257. The minimum atomic E-state index is -4.49. The van der Waals surface area contributed by atoms with Crippen LogP contribution in [0.25, 0.3) is 22.6 Å². The Labute approximate surface area is 217 Å². The number of nitrogens with zero attached hydrogens (tertiary/aromatic N) is 5. The summed E-state index contributed by atoms with van der Waals surface area (Å²) in [4.78, 5) is 21.7. The normalized spacial score (nSPS) is 18.2. The van der Waals surface area contributed by atoms with E-state index in [2.05, 4.69) is 33.5 Å². The second-order valence-corrected chi connectivity index (χ2v) is 10.4. The molecule has 1 fully saturated rings. The van der Waals surface area contributed by atoms with E-state index in [1.165, 1.54) is 17.8 Å². The van der Waals surface area contributed by atoms with E-state index >= 15 is 0 Å². The molecular formula is C27H26F3N5OS. The van der Waals surface area contributed by atoms with Gasteiger partial charge >= 0.3 is 6.18 Å². The van der Waals surface area contributed by atoms with Gasteiger partial charge in [-0.15, -0.1) is 0 Å². The van der Waals surface area contributed by atoms with E-state index in [0.717, 1.165) is 48.4 Å². The first-order valence-corrected chi connectivity index (χ1v) is 12.7. The first-order chi connectivity index (χ1) is 17.6. The molecule has 0 bridgehead atoms. The number of carbonyl (C=O) groups excluding carboxylic acids is 1. The van der Waals surface area contributed by atoms with Gasteiger partial charge in [0.15, 0.2) is 5.17 Å². The molecule has 0 radical (unpaired) electrons. The number of benzene rings is 2. The molecule has 6 nitrogen and oxygen atoms in total. The van der Waals surface area contributed by atoms with Crippen LogP contribution < -0.4 is 0 Å². The molecule has 0 atom stereocenters. The average molecular weight is 526 g/mol. The molecule has 192 valence electrons. The van der Waals surface area contributed by atoms with E-state index in [4.69, 9.17) is 0 Å². The zero-order valence-corrected chi connectivity index (χ0v) is 21.4. The fourth-order valence-electron chi connectivity index (χ4n) is 4.41. The first kappa shape index (κ1) is 25.3. The lowest BCUT2D eigenvalue weighted by atomic mass is 10.00. The number of carbonyl (C=O) groups is 1. The van der Waals surface area contributed by atoms with Gasteiger partial charge in [0.1, 0.15) is 0 Å². The number of hydrogen-bond acceptors (Lipinski definition) is 5. The van der Waals surface area contributed by atoms with Crippen LogP contribution in [0.5, 0.6) is 0 Å². The summed E-state index contributed by atoms with van der Waals surface area (Å²) < 4.78 is 42.9. The predicted molar refractivity (Wildman–Crippen MR) is 142 cm³/mol. The summed E-state index contributed by atoms with van der Waals surface area (Å²) in [6, 6.07) is 9.81. The van der Waals surface area contributed by atoms with Crippen molar-refractivity contribution in [3.63, 3.8) is 0 Å². The number of likely N-dealkylation sites (N-methyl/N-ethyl adjacent to an activating group) is 1. The molecule has 1 saturated heterocycles. The Morgan fingerprint density at radius 2 is 1.89 bits per heavy atom. The van der Waals surface area contributed by atoms with Gasteiger partial charge in [-0.05, 0) is 66.7 Å². The van der Waals surface area contributed by atoms with Gasteiger partial charge in [0, 0.05) is 31.6 Å². The van der Waals surface area contributed by atoms with Crippen molar-refractivity contribution < 1.29 is 18.0 Å².